The van der Waals surface area contributed by atoms with Crippen molar-refractivity contribution in [3.63, 3.8) is 0 Å². The van der Waals surface area contributed by atoms with Gasteiger partial charge in [-0.3, -0.25) is 9.59 Å². The van der Waals surface area contributed by atoms with Gasteiger partial charge in [0.1, 0.15) is 5.82 Å². The van der Waals surface area contributed by atoms with Gasteiger partial charge >= 0.3 is 0 Å². The summed E-state index contributed by atoms with van der Waals surface area (Å²) < 4.78 is 13.2. The van der Waals surface area contributed by atoms with Crippen molar-refractivity contribution in [1.29, 1.82) is 0 Å². The van der Waals surface area contributed by atoms with E-state index < -0.39 is 0 Å². The molecule has 0 bridgehead atoms. The maximum absolute atomic E-state index is 13.2. The highest BCUT2D eigenvalue weighted by molar-refractivity contribution is 7.98. The number of amides is 1. The third kappa shape index (κ3) is 3.56. The quantitative estimate of drug-likeness (QED) is 0.794. The smallest absolute Gasteiger partial charge is 0.225 e. The van der Waals surface area contributed by atoms with Gasteiger partial charge in [-0.1, -0.05) is 24.3 Å². The van der Waals surface area contributed by atoms with E-state index in [-0.39, 0.29) is 29.3 Å². The number of rotatable bonds is 3. The number of allylic oxidation sites excluding steroid dienone is 2. The number of hydrogen-bond acceptors (Lipinski definition) is 3. The Labute approximate surface area is 162 Å². The molecule has 0 saturated carbocycles. The monoisotopic (exact) mass is 381 g/mol. The molecular weight excluding hydrogens is 361 g/mol. The van der Waals surface area contributed by atoms with Crippen LogP contribution in [0, 0.1) is 5.82 Å². The predicted octanol–water partition coefficient (Wildman–Crippen LogP) is 4.55. The molecule has 2 aromatic carbocycles. The van der Waals surface area contributed by atoms with Crippen molar-refractivity contribution in [2.75, 3.05) is 6.26 Å². The Morgan fingerprint density at radius 2 is 1.59 bits per heavy atom. The average molecular weight is 381 g/mol. The Bertz CT molecular complexity index is 918. The molecule has 0 fully saturated rings. The highest BCUT2D eigenvalue weighted by Crippen LogP contribution is 2.42. The number of hydrogen-bond donors (Lipinski definition) is 1. The van der Waals surface area contributed by atoms with Gasteiger partial charge in [0.15, 0.2) is 5.78 Å². The number of Topliss-reactive ketones (excluding diaryl/α,β-unsaturated/α-hetero) is 1. The molecule has 1 amide bonds. The van der Waals surface area contributed by atoms with E-state index in [1.807, 2.05) is 30.5 Å². The maximum atomic E-state index is 13.2. The van der Waals surface area contributed by atoms with Gasteiger partial charge in [-0.15, -0.1) is 11.8 Å². The molecule has 0 unspecified atom stereocenters. The lowest BCUT2D eigenvalue weighted by Gasteiger charge is -2.34. The summed E-state index contributed by atoms with van der Waals surface area (Å²) in [6, 6.07) is 14.4. The van der Waals surface area contributed by atoms with Gasteiger partial charge in [0.2, 0.25) is 5.91 Å². The van der Waals surface area contributed by atoms with Crippen LogP contribution in [0.2, 0.25) is 0 Å². The van der Waals surface area contributed by atoms with E-state index in [1.54, 1.807) is 23.9 Å². The summed E-state index contributed by atoms with van der Waals surface area (Å²) in [7, 11) is 0. The summed E-state index contributed by atoms with van der Waals surface area (Å²) in [6.45, 7) is 0. The first-order valence-electron chi connectivity index (χ1n) is 9.00. The molecule has 1 aliphatic heterocycles. The lowest BCUT2D eigenvalue weighted by molar-refractivity contribution is -0.122. The second-order valence-corrected chi connectivity index (χ2v) is 7.93. The molecule has 0 saturated heterocycles. The summed E-state index contributed by atoms with van der Waals surface area (Å²) >= 11 is 1.66. The SMILES string of the molecule is CSc1ccc([C@@H]2CC(=O)NC3=C2C(=O)C[C@@H](c2ccc(F)cc2)C3)cc1. The first-order valence-corrected chi connectivity index (χ1v) is 10.2. The van der Waals surface area contributed by atoms with E-state index in [0.717, 1.165) is 27.3 Å². The topological polar surface area (TPSA) is 46.2 Å². The second kappa shape index (κ2) is 7.31. The Hall–Kier alpha value is -2.40. The first-order chi connectivity index (χ1) is 13.0. The molecular formula is C22H20FNO2S. The van der Waals surface area contributed by atoms with E-state index in [0.29, 0.717) is 19.3 Å². The van der Waals surface area contributed by atoms with Crippen molar-refractivity contribution < 1.29 is 14.0 Å². The van der Waals surface area contributed by atoms with Gasteiger partial charge in [0.25, 0.3) is 0 Å². The Morgan fingerprint density at radius 3 is 2.26 bits per heavy atom. The van der Waals surface area contributed by atoms with Crippen LogP contribution in [0.3, 0.4) is 0 Å². The summed E-state index contributed by atoms with van der Waals surface area (Å²) in [5.41, 5.74) is 3.40. The zero-order chi connectivity index (χ0) is 19.0. The standard InChI is InChI=1S/C22H20FNO2S/c1-27-17-8-4-14(5-9-17)18-12-21(26)24-19-10-15(11-20(25)22(18)19)13-2-6-16(23)7-3-13/h2-9,15,18H,10-12H2,1H3,(H,24,26)/t15-,18-/m0/s1. The van der Waals surface area contributed by atoms with Crippen LogP contribution in [-0.2, 0) is 9.59 Å². The van der Waals surface area contributed by atoms with E-state index in [4.69, 9.17) is 0 Å². The number of carbonyl (C=O) groups excluding carboxylic acids is 2. The molecule has 27 heavy (non-hydrogen) atoms. The molecule has 0 spiro atoms. The van der Waals surface area contributed by atoms with Gasteiger partial charge in [-0.05, 0) is 54.0 Å². The van der Waals surface area contributed by atoms with Crippen LogP contribution in [0.1, 0.15) is 42.2 Å². The number of ketones is 1. The number of nitrogens with one attached hydrogen (secondary N) is 1. The van der Waals surface area contributed by atoms with Crippen LogP contribution in [-0.4, -0.2) is 17.9 Å². The fourth-order valence-corrected chi connectivity index (χ4v) is 4.46. The van der Waals surface area contributed by atoms with E-state index in [2.05, 4.69) is 5.32 Å². The zero-order valence-electron chi connectivity index (χ0n) is 15.0. The molecule has 1 N–H and O–H groups in total. The number of carbonyl (C=O) groups is 2. The summed E-state index contributed by atoms with van der Waals surface area (Å²) in [4.78, 5) is 26.5. The molecule has 3 nitrogen and oxygen atoms in total. The molecule has 5 heteroatoms. The number of benzene rings is 2. The summed E-state index contributed by atoms with van der Waals surface area (Å²) in [5.74, 6) is -0.494. The van der Waals surface area contributed by atoms with Crippen LogP contribution < -0.4 is 5.32 Å². The number of thioether (sulfide) groups is 1. The molecule has 0 aromatic heterocycles. The van der Waals surface area contributed by atoms with E-state index in [1.165, 1.54) is 12.1 Å². The lowest BCUT2D eigenvalue weighted by Crippen LogP contribution is -2.38. The van der Waals surface area contributed by atoms with Gasteiger partial charge in [0.05, 0.1) is 0 Å². The highest BCUT2D eigenvalue weighted by Gasteiger charge is 2.38. The Kier molecular flexibility index (Phi) is 4.87. The maximum Gasteiger partial charge on any atom is 0.225 e. The molecule has 2 atom stereocenters. The third-order valence-corrected chi connectivity index (χ3v) is 6.14. The van der Waals surface area contributed by atoms with Crippen LogP contribution in [0.25, 0.3) is 0 Å². The van der Waals surface area contributed by atoms with Crippen molar-refractivity contribution in [2.45, 2.75) is 36.0 Å². The van der Waals surface area contributed by atoms with Crippen LogP contribution in [0.15, 0.2) is 64.7 Å². The molecule has 138 valence electrons. The van der Waals surface area contributed by atoms with Gasteiger partial charge < -0.3 is 5.32 Å². The molecule has 1 aliphatic carbocycles. The molecule has 0 radical (unpaired) electrons. The third-order valence-electron chi connectivity index (χ3n) is 5.40. The Balaban J connectivity index is 1.68. The highest BCUT2D eigenvalue weighted by atomic mass is 32.2. The summed E-state index contributed by atoms with van der Waals surface area (Å²) in [5, 5.41) is 2.92. The van der Waals surface area contributed by atoms with E-state index >= 15 is 0 Å². The lowest BCUT2D eigenvalue weighted by atomic mass is 9.73. The molecule has 2 aromatic rings. The molecule has 4 rings (SSSR count). The molecule has 1 heterocycles. The fourth-order valence-electron chi connectivity index (χ4n) is 4.05. The zero-order valence-corrected chi connectivity index (χ0v) is 15.8. The fraction of sp³-hybridized carbons (Fsp3) is 0.273. The van der Waals surface area contributed by atoms with Crippen molar-refractivity contribution in [1.82, 2.24) is 5.32 Å². The second-order valence-electron chi connectivity index (χ2n) is 7.05. The van der Waals surface area contributed by atoms with Gasteiger partial charge in [-0.2, -0.15) is 0 Å². The van der Waals surface area contributed by atoms with Crippen molar-refractivity contribution in [3.05, 3.63) is 76.7 Å². The Morgan fingerprint density at radius 1 is 0.926 bits per heavy atom. The van der Waals surface area contributed by atoms with Crippen molar-refractivity contribution in [3.8, 4) is 0 Å². The van der Waals surface area contributed by atoms with Crippen molar-refractivity contribution in [2.24, 2.45) is 0 Å². The number of halogens is 1. The summed E-state index contributed by atoms with van der Waals surface area (Å²) in [6.07, 6.45) is 3.30. The van der Waals surface area contributed by atoms with Gasteiger partial charge in [-0.25, -0.2) is 4.39 Å². The minimum atomic E-state index is -0.291. The minimum absolute atomic E-state index is 0.0326. The van der Waals surface area contributed by atoms with Crippen molar-refractivity contribution >= 4 is 23.5 Å². The van der Waals surface area contributed by atoms with Crippen LogP contribution in [0.5, 0.6) is 0 Å². The average Bonchev–Trinajstić information content (AvgIpc) is 2.67. The minimum Gasteiger partial charge on any atom is -0.329 e. The molecule has 2 aliphatic rings. The van der Waals surface area contributed by atoms with E-state index in [9.17, 15) is 14.0 Å². The predicted molar refractivity (Wildman–Crippen MR) is 104 cm³/mol. The largest absolute Gasteiger partial charge is 0.329 e. The first kappa shape index (κ1) is 18.0. The van der Waals surface area contributed by atoms with Crippen LogP contribution >= 0.6 is 11.8 Å². The van der Waals surface area contributed by atoms with Crippen LogP contribution in [0.4, 0.5) is 4.39 Å². The van der Waals surface area contributed by atoms with Gasteiger partial charge in [0, 0.05) is 34.9 Å². The normalized spacial score (nSPS) is 22.4.